The highest BCUT2D eigenvalue weighted by atomic mass is 35.5. The number of carbonyl (C=O) groups excluding carboxylic acids is 1. The van der Waals surface area contributed by atoms with E-state index in [1.54, 1.807) is 18.2 Å². The molecule has 118 valence electrons. The molecule has 0 spiro atoms. The number of benzene rings is 2. The van der Waals surface area contributed by atoms with Crippen molar-refractivity contribution in [2.75, 3.05) is 7.11 Å². The van der Waals surface area contributed by atoms with Gasteiger partial charge in [0, 0.05) is 5.56 Å². The lowest BCUT2D eigenvalue weighted by atomic mass is 10.1. The maximum Gasteiger partial charge on any atom is 0.335 e. The molecular weight excluding hydrogens is 322 g/mol. The zero-order chi connectivity index (χ0) is 16.6. The van der Waals surface area contributed by atoms with Crippen molar-refractivity contribution in [1.29, 1.82) is 0 Å². The van der Waals surface area contributed by atoms with Crippen molar-refractivity contribution >= 4 is 23.5 Å². The third kappa shape index (κ3) is 2.68. The Kier molecular flexibility index (Phi) is 3.83. The zero-order valence-corrected chi connectivity index (χ0v) is 12.8. The van der Waals surface area contributed by atoms with E-state index in [0.29, 0.717) is 22.6 Å². The number of para-hydroxylation sites is 1. The Morgan fingerprint density at radius 1 is 1.35 bits per heavy atom. The van der Waals surface area contributed by atoms with E-state index >= 15 is 0 Å². The van der Waals surface area contributed by atoms with Crippen LogP contribution in [0.15, 0.2) is 36.4 Å². The summed E-state index contributed by atoms with van der Waals surface area (Å²) in [5.41, 5.74) is 0.874. The Morgan fingerprint density at radius 3 is 2.78 bits per heavy atom. The molecule has 7 heteroatoms. The van der Waals surface area contributed by atoms with Gasteiger partial charge in [-0.3, -0.25) is 4.79 Å². The first-order valence-electron chi connectivity index (χ1n) is 6.68. The molecule has 2 N–H and O–H groups in total. The summed E-state index contributed by atoms with van der Waals surface area (Å²) in [6.07, 6.45) is -0.832. The van der Waals surface area contributed by atoms with Crippen LogP contribution in [0.5, 0.6) is 11.5 Å². The van der Waals surface area contributed by atoms with Gasteiger partial charge in [0.1, 0.15) is 0 Å². The Bertz CT molecular complexity index is 805. The van der Waals surface area contributed by atoms with Crippen molar-refractivity contribution in [3.8, 4) is 11.5 Å². The average molecular weight is 334 g/mol. The maximum absolute atomic E-state index is 12.2. The number of carbonyl (C=O) groups is 2. The zero-order valence-electron chi connectivity index (χ0n) is 12.0. The summed E-state index contributed by atoms with van der Waals surface area (Å²) in [6, 6.07) is 9.22. The van der Waals surface area contributed by atoms with Crippen LogP contribution in [-0.2, 0) is 0 Å². The Morgan fingerprint density at radius 2 is 2.13 bits per heavy atom. The van der Waals surface area contributed by atoms with E-state index in [1.807, 2.05) is 0 Å². The van der Waals surface area contributed by atoms with E-state index in [1.165, 1.54) is 25.3 Å². The average Bonchev–Trinajstić information content (AvgIpc) is 2.54. The summed E-state index contributed by atoms with van der Waals surface area (Å²) in [5, 5.41) is 11.8. The van der Waals surface area contributed by atoms with Crippen LogP contribution in [0, 0.1) is 0 Å². The fourth-order valence-corrected chi connectivity index (χ4v) is 2.61. The lowest BCUT2D eigenvalue weighted by molar-refractivity contribution is 0.0692. The molecule has 1 unspecified atom stereocenters. The summed E-state index contributed by atoms with van der Waals surface area (Å²) in [7, 11) is 1.48. The molecule has 1 heterocycles. The molecule has 1 aliphatic rings. The molecule has 1 atom stereocenters. The van der Waals surface area contributed by atoms with Crippen molar-refractivity contribution in [2.45, 2.75) is 6.23 Å². The van der Waals surface area contributed by atoms with E-state index in [2.05, 4.69) is 5.32 Å². The predicted molar refractivity (Wildman–Crippen MR) is 82.2 cm³/mol. The number of hydrogen-bond donors (Lipinski definition) is 2. The molecule has 3 rings (SSSR count). The van der Waals surface area contributed by atoms with E-state index in [9.17, 15) is 9.59 Å². The summed E-state index contributed by atoms with van der Waals surface area (Å²) < 4.78 is 11.0. The van der Waals surface area contributed by atoms with E-state index in [4.69, 9.17) is 26.2 Å². The second-order valence-electron chi connectivity index (χ2n) is 4.85. The molecule has 0 bridgehead atoms. The second-order valence-corrected chi connectivity index (χ2v) is 5.26. The number of ether oxygens (including phenoxy) is 2. The normalized spacial score (nSPS) is 16.1. The molecule has 2 aromatic carbocycles. The van der Waals surface area contributed by atoms with Crippen LogP contribution in [0.3, 0.4) is 0 Å². The molecule has 6 nitrogen and oxygen atoms in total. The summed E-state index contributed by atoms with van der Waals surface area (Å²) in [6.45, 7) is 0. The third-order valence-electron chi connectivity index (χ3n) is 3.47. The van der Waals surface area contributed by atoms with Crippen molar-refractivity contribution < 1.29 is 24.2 Å². The van der Waals surface area contributed by atoms with Gasteiger partial charge in [0.25, 0.3) is 5.91 Å². The number of methoxy groups -OCH3 is 1. The Labute approximate surface area is 136 Å². The SMILES string of the molecule is COc1cccc2c1OC(c1ccc(C(=O)O)cc1Cl)NC2=O. The number of nitrogens with one attached hydrogen (secondary N) is 1. The van der Waals surface area contributed by atoms with Gasteiger partial charge >= 0.3 is 5.97 Å². The van der Waals surface area contributed by atoms with Crippen molar-refractivity contribution in [2.24, 2.45) is 0 Å². The van der Waals surface area contributed by atoms with Crippen molar-refractivity contribution in [3.63, 3.8) is 0 Å². The molecule has 0 aliphatic carbocycles. The van der Waals surface area contributed by atoms with E-state index < -0.39 is 12.2 Å². The highest BCUT2D eigenvalue weighted by molar-refractivity contribution is 6.31. The molecule has 2 aromatic rings. The van der Waals surface area contributed by atoms with Gasteiger partial charge < -0.3 is 19.9 Å². The topological polar surface area (TPSA) is 84.9 Å². The van der Waals surface area contributed by atoms with Gasteiger partial charge in [-0.15, -0.1) is 0 Å². The number of halogens is 1. The minimum Gasteiger partial charge on any atom is -0.493 e. The fourth-order valence-electron chi connectivity index (χ4n) is 2.34. The minimum absolute atomic E-state index is 0.0545. The standard InChI is InChI=1S/C16H12ClNO5/c1-22-12-4-2-3-10-13(12)23-15(18-14(10)19)9-6-5-8(16(20)21)7-11(9)17/h2-7,15H,1H3,(H,18,19)(H,20,21). The molecular formula is C16H12ClNO5. The smallest absolute Gasteiger partial charge is 0.335 e. The van der Waals surface area contributed by atoms with Gasteiger partial charge in [-0.05, 0) is 24.3 Å². The first-order chi connectivity index (χ1) is 11.0. The fraction of sp³-hybridized carbons (Fsp3) is 0.125. The van der Waals surface area contributed by atoms with Gasteiger partial charge in [-0.2, -0.15) is 0 Å². The third-order valence-corrected chi connectivity index (χ3v) is 3.80. The van der Waals surface area contributed by atoms with Crippen LogP contribution in [0.25, 0.3) is 0 Å². The molecule has 0 saturated heterocycles. The number of aromatic carboxylic acids is 1. The Balaban J connectivity index is 2.00. The predicted octanol–water partition coefficient (Wildman–Crippen LogP) is 2.87. The number of carboxylic acids is 1. The largest absolute Gasteiger partial charge is 0.493 e. The number of amides is 1. The van der Waals surface area contributed by atoms with E-state index in [-0.39, 0.29) is 16.5 Å². The van der Waals surface area contributed by atoms with Gasteiger partial charge in [0.05, 0.1) is 23.3 Å². The number of rotatable bonds is 3. The molecule has 0 fully saturated rings. The van der Waals surface area contributed by atoms with E-state index in [0.717, 1.165) is 0 Å². The van der Waals surface area contributed by atoms with Crippen LogP contribution in [0.2, 0.25) is 5.02 Å². The summed E-state index contributed by atoms with van der Waals surface area (Å²) in [5.74, 6) is -0.657. The monoisotopic (exact) mass is 333 g/mol. The summed E-state index contributed by atoms with van der Waals surface area (Å²) >= 11 is 6.13. The molecule has 0 radical (unpaired) electrons. The lowest BCUT2D eigenvalue weighted by Gasteiger charge is -2.28. The van der Waals surface area contributed by atoms with Gasteiger partial charge in [-0.25, -0.2) is 4.79 Å². The van der Waals surface area contributed by atoms with Crippen LogP contribution < -0.4 is 14.8 Å². The quantitative estimate of drug-likeness (QED) is 0.902. The highest BCUT2D eigenvalue weighted by Gasteiger charge is 2.30. The number of carboxylic acid groups (broad SMARTS) is 1. The van der Waals surface area contributed by atoms with Crippen LogP contribution in [-0.4, -0.2) is 24.1 Å². The van der Waals surface area contributed by atoms with Crippen LogP contribution in [0.4, 0.5) is 0 Å². The minimum atomic E-state index is -1.08. The van der Waals surface area contributed by atoms with Crippen molar-refractivity contribution in [1.82, 2.24) is 5.32 Å². The highest BCUT2D eigenvalue weighted by Crippen LogP contribution is 2.38. The molecule has 0 saturated carbocycles. The molecule has 1 aliphatic heterocycles. The van der Waals surface area contributed by atoms with Crippen LogP contribution in [0.1, 0.15) is 32.5 Å². The van der Waals surface area contributed by atoms with Gasteiger partial charge in [0.15, 0.2) is 17.7 Å². The summed E-state index contributed by atoms with van der Waals surface area (Å²) in [4.78, 5) is 23.2. The second kappa shape index (κ2) is 5.81. The number of hydrogen-bond acceptors (Lipinski definition) is 4. The van der Waals surface area contributed by atoms with Gasteiger partial charge in [0.2, 0.25) is 0 Å². The van der Waals surface area contributed by atoms with Gasteiger partial charge in [-0.1, -0.05) is 23.7 Å². The molecule has 1 amide bonds. The molecule has 0 aromatic heterocycles. The maximum atomic E-state index is 12.2. The van der Waals surface area contributed by atoms with Crippen molar-refractivity contribution in [3.05, 3.63) is 58.1 Å². The Hall–Kier alpha value is -2.73. The first-order valence-corrected chi connectivity index (χ1v) is 7.06. The lowest BCUT2D eigenvalue weighted by Crippen LogP contribution is -2.37. The van der Waals surface area contributed by atoms with Crippen LogP contribution >= 0.6 is 11.6 Å². The number of fused-ring (bicyclic) bond motifs is 1. The first kappa shape index (κ1) is 15.2. The molecule has 23 heavy (non-hydrogen) atoms.